The summed E-state index contributed by atoms with van der Waals surface area (Å²) in [5, 5.41) is 8.91. The van der Waals surface area contributed by atoms with Crippen molar-refractivity contribution in [2.75, 3.05) is 0 Å². The van der Waals surface area contributed by atoms with Crippen LogP contribution < -0.4 is 0 Å². The van der Waals surface area contributed by atoms with Crippen molar-refractivity contribution in [2.24, 2.45) is 0 Å². The number of carboxylic acids is 1. The number of benzene rings is 1. The maximum atomic E-state index is 10.8. The smallest absolute Gasteiger partial charge is 0.335 e. The van der Waals surface area contributed by atoms with E-state index >= 15 is 0 Å². The fourth-order valence-electron chi connectivity index (χ4n) is 2.60. The molecular formula is C12H12O2. The Morgan fingerprint density at radius 2 is 2.07 bits per heavy atom. The zero-order valence-electron chi connectivity index (χ0n) is 7.92. The van der Waals surface area contributed by atoms with Gasteiger partial charge in [0.05, 0.1) is 5.56 Å². The minimum absolute atomic E-state index is 0.390. The summed E-state index contributed by atoms with van der Waals surface area (Å²) in [4.78, 5) is 10.8. The van der Waals surface area contributed by atoms with Crippen molar-refractivity contribution in [1.82, 2.24) is 0 Å². The van der Waals surface area contributed by atoms with Gasteiger partial charge in [-0.1, -0.05) is 6.07 Å². The first kappa shape index (κ1) is 8.04. The highest BCUT2D eigenvalue weighted by Gasteiger charge is 2.48. The lowest BCUT2D eigenvalue weighted by molar-refractivity contribution is 0.0697. The fourth-order valence-corrected chi connectivity index (χ4v) is 2.60. The highest BCUT2D eigenvalue weighted by molar-refractivity contribution is 5.88. The van der Waals surface area contributed by atoms with Crippen LogP contribution in [0.5, 0.6) is 0 Å². The van der Waals surface area contributed by atoms with Gasteiger partial charge in [0.1, 0.15) is 0 Å². The summed E-state index contributed by atoms with van der Waals surface area (Å²) < 4.78 is 0. The summed E-state index contributed by atoms with van der Waals surface area (Å²) in [6, 6.07) is 5.60. The number of hydrogen-bond donors (Lipinski definition) is 1. The molecule has 0 saturated heterocycles. The summed E-state index contributed by atoms with van der Waals surface area (Å²) in [5.74, 6) is -0.810. The molecule has 0 amide bonds. The predicted octanol–water partition coefficient (Wildman–Crippen LogP) is 2.36. The van der Waals surface area contributed by atoms with E-state index in [1.807, 2.05) is 12.1 Å². The molecule has 2 aliphatic carbocycles. The number of hydrogen-bond acceptors (Lipinski definition) is 1. The normalized spacial score (nSPS) is 20.9. The Balaban J connectivity index is 2.13. The summed E-state index contributed by atoms with van der Waals surface area (Å²) in [6.45, 7) is 0. The van der Waals surface area contributed by atoms with Gasteiger partial charge in [0.2, 0.25) is 0 Å². The number of aryl methyl sites for hydroxylation is 1. The quantitative estimate of drug-likeness (QED) is 0.734. The Labute approximate surface area is 82.6 Å². The van der Waals surface area contributed by atoms with Gasteiger partial charge in [0.15, 0.2) is 0 Å². The van der Waals surface area contributed by atoms with Gasteiger partial charge in [-0.2, -0.15) is 0 Å². The largest absolute Gasteiger partial charge is 0.478 e. The van der Waals surface area contributed by atoms with Gasteiger partial charge >= 0.3 is 5.97 Å². The van der Waals surface area contributed by atoms with Crippen molar-refractivity contribution in [2.45, 2.75) is 31.1 Å². The molecule has 2 heteroatoms. The molecule has 0 aliphatic heterocycles. The Morgan fingerprint density at radius 3 is 2.71 bits per heavy atom. The van der Waals surface area contributed by atoms with Crippen molar-refractivity contribution in [3.05, 3.63) is 34.9 Å². The van der Waals surface area contributed by atoms with Crippen LogP contribution in [-0.4, -0.2) is 11.1 Å². The molecule has 0 atom stereocenters. The van der Waals surface area contributed by atoms with Crippen LogP contribution in [0.1, 0.15) is 40.7 Å². The molecule has 0 aromatic heterocycles. The average Bonchev–Trinajstić information content (AvgIpc) is 2.85. The van der Waals surface area contributed by atoms with Crippen LogP contribution in [0.3, 0.4) is 0 Å². The monoisotopic (exact) mass is 188 g/mol. The van der Waals surface area contributed by atoms with E-state index in [4.69, 9.17) is 5.11 Å². The zero-order valence-corrected chi connectivity index (χ0v) is 7.92. The number of aromatic carboxylic acids is 1. The van der Waals surface area contributed by atoms with Gasteiger partial charge in [0, 0.05) is 0 Å². The van der Waals surface area contributed by atoms with Gasteiger partial charge in [-0.05, 0) is 54.4 Å². The summed E-state index contributed by atoms with van der Waals surface area (Å²) in [5.41, 5.74) is 3.52. The predicted molar refractivity (Wildman–Crippen MR) is 52.6 cm³/mol. The van der Waals surface area contributed by atoms with Gasteiger partial charge in [-0.15, -0.1) is 0 Å². The van der Waals surface area contributed by atoms with Gasteiger partial charge in [-0.3, -0.25) is 0 Å². The molecule has 1 aromatic rings. The van der Waals surface area contributed by atoms with Crippen molar-refractivity contribution < 1.29 is 9.90 Å². The Bertz CT molecular complexity index is 416. The summed E-state index contributed by atoms with van der Waals surface area (Å²) >= 11 is 0. The lowest BCUT2D eigenvalue weighted by atomic mass is 9.97. The third kappa shape index (κ3) is 0.939. The minimum atomic E-state index is -0.810. The van der Waals surface area contributed by atoms with Crippen molar-refractivity contribution in [1.29, 1.82) is 0 Å². The third-order valence-corrected chi connectivity index (χ3v) is 3.65. The molecule has 0 unspecified atom stereocenters. The van der Waals surface area contributed by atoms with Crippen LogP contribution in [-0.2, 0) is 11.8 Å². The zero-order chi connectivity index (χ0) is 9.76. The first-order chi connectivity index (χ1) is 6.71. The molecule has 0 bridgehead atoms. The molecule has 1 aromatic carbocycles. The topological polar surface area (TPSA) is 37.3 Å². The molecule has 2 nitrogen and oxygen atoms in total. The maximum absolute atomic E-state index is 10.8. The van der Waals surface area contributed by atoms with Crippen LogP contribution in [0.2, 0.25) is 0 Å². The van der Waals surface area contributed by atoms with Crippen LogP contribution in [0.15, 0.2) is 18.2 Å². The minimum Gasteiger partial charge on any atom is -0.478 e. The van der Waals surface area contributed by atoms with E-state index < -0.39 is 5.97 Å². The van der Waals surface area contributed by atoms with E-state index in [1.54, 1.807) is 6.07 Å². The molecule has 3 rings (SSSR count). The molecule has 0 radical (unpaired) electrons. The molecule has 0 heterocycles. The summed E-state index contributed by atoms with van der Waals surface area (Å²) in [6.07, 6.45) is 4.87. The van der Waals surface area contributed by atoms with E-state index in [9.17, 15) is 4.79 Å². The summed E-state index contributed by atoms with van der Waals surface area (Å²) in [7, 11) is 0. The lowest BCUT2D eigenvalue weighted by Crippen LogP contribution is -2.03. The molecule has 1 fully saturated rings. The SMILES string of the molecule is O=C(O)c1ccc2c(c1)C1(CC2)CC1. The van der Waals surface area contributed by atoms with Crippen LogP contribution in [0, 0.1) is 0 Å². The standard InChI is InChI=1S/C12H12O2/c13-11(14)9-2-1-8-3-4-12(5-6-12)10(8)7-9/h1-2,7H,3-6H2,(H,13,14). The number of fused-ring (bicyclic) bond motifs is 2. The molecule has 1 spiro atoms. The highest BCUT2D eigenvalue weighted by Crippen LogP contribution is 2.56. The lowest BCUT2D eigenvalue weighted by Gasteiger charge is -2.08. The second kappa shape index (κ2) is 2.38. The van der Waals surface area contributed by atoms with Crippen molar-refractivity contribution in [3.63, 3.8) is 0 Å². The molecule has 14 heavy (non-hydrogen) atoms. The number of carboxylic acid groups (broad SMARTS) is 1. The van der Waals surface area contributed by atoms with E-state index in [0.29, 0.717) is 11.0 Å². The number of carbonyl (C=O) groups is 1. The second-order valence-corrected chi connectivity index (χ2v) is 4.46. The van der Waals surface area contributed by atoms with Crippen molar-refractivity contribution in [3.8, 4) is 0 Å². The van der Waals surface area contributed by atoms with Crippen LogP contribution in [0.4, 0.5) is 0 Å². The average molecular weight is 188 g/mol. The second-order valence-electron chi connectivity index (χ2n) is 4.46. The molecule has 1 N–H and O–H groups in total. The maximum Gasteiger partial charge on any atom is 0.335 e. The molecule has 2 aliphatic rings. The molecular weight excluding hydrogens is 176 g/mol. The number of rotatable bonds is 1. The molecule has 72 valence electrons. The van der Waals surface area contributed by atoms with Crippen LogP contribution >= 0.6 is 0 Å². The fraction of sp³-hybridized carbons (Fsp3) is 0.417. The van der Waals surface area contributed by atoms with E-state index in [1.165, 1.54) is 30.4 Å². The molecule has 1 saturated carbocycles. The van der Waals surface area contributed by atoms with Gasteiger partial charge < -0.3 is 5.11 Å². The third-order valence-electron chi connectivity index (χ3n) is 3.65. The first-order valence-electron chi connectivity index (χ1n) is 5.08. The van der Waals surface area contributed by atoms with Crippen molar-refractivity contribution >= 4 is 5.97 Å². The van der Waals surface area contributed by atoms with E-state index in [0.717, 1.165) is 6.42 Å². The van der Waals surface area contributed by atoms with Gasteiger partial charge in [-0.25, -0.2) is 4.79 Å². The first-order valence-corrected chi connectivity index (χ1v) is 5.08. The Morgan fingerprint density at radius 1 is 1.29 bits per heavy atom. The highest BCUT2D eigenvalue weighted by atomic mass is 16.4. The van der Waals surface area contributed by atoms with Crippen LogP contribution in [0.25, 0.3) is 0 Å². The van der Waals surface area contributed by atoms with Gasteiger partial charge in [0.25, 0.3) is 0 Å². The Hall–Kier alpha value is -1.31. The van der Waals surface area contributed by atoms with E-state index in [2.05, 4.69) is 0 Å². The Kier molecular flexibility index (Phi) is 1.37. The van der Waals surface area contributed by atoms with E-state index in [-0.39, 0.29) is 0 Å².